The number of fused-ring (bicyclic) bond motifs is 1. The molecule has 0 saturated carbocycles. The number of non-ortho nitro benzene ring substituents is 1. The summed E-state index contributed by atoms with van der Waals surface area (Å²) in [5, 5.41) is 20.1. The lowest BCUT2D eigenvalue weighted by atomic mass is 10.1. The molecule has 35 heavy (non-hydrogen) atoms. The number of nitrogens with one attached hydrogen (secondary N) is 1. The average Bonchev–Trinajstić information content (AvgIpc) is 3.25. The first-order chi connectivity index (χ1) is 16.7. The molecule has 0 aliphatic rings. The predicted octanol–water partition coefficient (Wildman–Crippen LogP) is 4.40. The molecule has 1 amide bonds. The minimum absolute atomic E-state index is 0.0508. The van der Waals surface area contributed by atoms with Gasteiger partial charge in [0.15, 0.2) is 5.69 Å². The summed E-state index contributed by atoms with van der Waals surface area (Å²) in [6.45, 7) is 5.60. The summed E-state index contributed by atoms with van der Waals surface area (Å²) in [5.41, 5.74) is 1.62. The molecule has 1 N–H and O–H groups in total. The SMILES string of the molecule is CCOC(=O)c1nn(-c2ccc(C)c(C)c2)c(=O)c2c(NC(=O)c3cccc([N+](=O)[O-])c3)scc12. The number of benzene rings is 2. The van der Waals surface area contributed by atoms with Crippen LogP contribution in [-0.2, 0) is 4.74 Å². The van der Waals surface area contributed by atoms with Crippen LogP contribution in [0, 0.1) is 24.0 Å². The number of anilines is 1. The highest BCUT2D eigenvalue weighted by Gasteiger charge is 2.24. The summed E-state index contributed by atoms with van der Waals surface area (Å²) in [4.78, 5) is 49.5. The number of aromatic nitrogens is 2. The minimum Gasteiger partial charge on any atom is -0.461 e. The number of ether oxygens (including phenoxy) is 1. The van der Waals surface area contributed by atoms with E-state index in [4.69, 9.17) is 4.74 Å². The lowest BCUT2D eigenvalue weighted by Crippen LogP contribution is -2.25. The van der Waals surface area contributed by atoms with Crippen LogP contribution in [0.4, 0.5) is 10.7 Å². The maximum atomic E-state index is 13.5. The fraction of sp³-hybridized carbons (Fsp3) is 0.167. The van der Waals surface area contributed by atoms with Crippen molar-refractivity contribution in [2.75, 3.05) is 11.9 Å². The number of amides is 1. The van der Waals surface area contributed by atoms with Gasteiger partial charge in [0, 0.05) is 28.5 Å². The van der Waals surface area contributed by atoms with E-state index in [1.807, 2.05) is 19.9 Å². The zero-order valence-corrected chi connectivity index (χ0v) is 19.8. The zero-order chi connectivity index (χ0) is 25.3. The van der Waals surface area contributed by atoms with Gasteiger partial charge in [-0.05, 0) is 50.1 Å². The quantitative estimate of drug-likeness (QED) is 0.239. The molecule has 4 rings (SSSR count). The molecule has 0 bridgehead atoms. The van der Waals surface area contributed by atoms with Gasteiger partial charge in [-0.3, -0.25) is 19.7 Å². The summed E-state index contributed by atoms with van der Waals surface area (Å²) in [6.07, 6.45) is 0. The van der Waals surface area contributed by atoms with E-state index in [9.17, 15) is 24.5 Å². The molecule has 0 radical (unpaired) electrons. The van der Waals surface area contributed by atoms with Crippen molar-refractivity contribution in [1.82, 2.24) is 9.78 Å². The van der Waals surface area contributed by atoms with E-state index in [1.165, 1.54) is 18.2 Å². The minimum atomic E-state index is -0.704. The number of esters is 1. The Morgan fingerprint density at radius 2 is 1.94 bits per heavy atom. The van der Waals surface area contributed by atoms with Crippen LogP contribution in [0.3, 0.4) is 0 Å². The first-order valence-electron chi connectivity index (χ1n) is 10.6. The molecule has 178 valence electrons. The van der Waals surface area contributed by atoms with Crippen molar-refractivity contribution >= 4 is 44.7 Å². The number of nitro benzene ring substituents is 1. The molecule has 2 heterocycles. The van der Waals surface area contributed by atoms with Gasteiger partial charge >= 0.3 is 5.97 Å². The van der Waals surface area contributed by atoms with Crippen LogP contribution in [0.1, 0.15) is 38.9 Å². The molecule has 4 aromatic rings. The Labute approximate surface area is 202 Å². The van der Waals surface area contributed by atoms with Crippen LogP contribution in [0.15, 0.2) is 52.6 Å². The predicted molar refractivity (Wildman–Crippen MR) is 132 cm³/mol. The highest BCUT2D eigenvalue weighted by atomic mass is 32.1. The normalized spacial score (nSPS) is 10.8. The number of thiophene rings is 1. The molecule has 0 saturated heterocycles. The largest absolute Gasteiger partial charge is 0.461 e. The first-order valence-corrected chi connectivity index (χ1v) is 11.4. The van der Waals surface area contributed by atoms with Crippen LogP contribution in [-0.4, -0.2) is 33.2 Å². The van der Waals surface area contributed by atoms with Crippen LogP contribution in [0.25, 0.3) is 16.5 Å². The number of hydrogen-bond acceptors (Lipinski definition) is 8. The Morgan fingerprint density at radius 3 is 2.63 bits per heavy atom. The number of nitrogens with zero attached hydrogens (tertiary/aromatic N) is 3. The van der Waals surface area contributed by atoms with Gasteiger partial charge in [0.1, 0.15) is 5.00 Å². The second-order valence-electron chi connectivity index (χ2n) is 7.67. The van der Waals surface area contributed by atoms with Gasteiger partial charge in [-0.2, -0.15) is 9.78 Å². The van der Waals surface area contributed by atoms with Gasteiger partial charge in [-0.15, -0.1) is 11.3 Å². The number of nitro groups is 1. The lowest BCUT2D eigenvalue weighted by molar-refractivity contribution is -0.384. The molecule has 2 aromatic heterocycles. The summed E-state index contributed by atoms with van der Waals surface area (Å²) >= 11 is 1.04. The Bertz CT molecular complexity index is 1560. The highest BCUT2D eigenvalue weighted by Crippen LogP contribution is 2.31. The summed E-state index contributed by atoms with van der Waals surface area (Å²) in [6, 6.07) is 10.6. The standard InChI is InChI=1S/C24H20N4O6S/c1-4-34-24(31)20-18-12-35-22(25-21(29)15-6-5-7-17(11-15)28(32)33)19(18)23(30)27(26-20)16-9-8-13(2)14(3)10-16/h5-12H,4H2,1-3H3,(H,25,29). The fourth-order valence-electron chi connectivity index (χ4n) is 3.46. The van der Waals surface area contributed by atoms with Crippen LogP contribution in [0.5, 0.6) is 0 Å². The molecule has 10 nitrogen and oxygen atoms in total. The second kappa shape index (κ2) is 9.47. The molecule has 0 unspecified atom stereocenters. The number of carbonyl (C=O) groups excluding carboxylic acids is 2. The third kappa shape index (κ3) is 4.53. The third-order valence-corrected chi connectivity index (χ3v) is 6.30. The number of hydrogen-bond donors (Lipinski definition) is 1. The van der Waals surface area contributed by atoms with Crippen molar-refractivity contribution in [3.8, 4) is 5.69 Å². The molecule has 0 fully saturated rings. The van der Waals surface area contributed by atoms with Crippen molar-refractivity contribution in [2.45, 2.75) is 20.8 Å². The van der Waals surface area contributed by atoms with E-state index in [-0.39, 0.29) is 39.3 Å². The van der Waals surface area contributed by atoms with Gasteiger partial charge < -0.3 is 10.1 Å². The van der Waals surface area contributed by atoms with E-state index in [0.717, 1.165) is 33.2 Å². The van der Waals surface area contributed by atoms with Crippen molar-refractivity contribution in [3.63, 3.8) is 0 Å². The lowest BCUT2D eigenvalue weighted by Gasteiger charge is -2.11. The summed E-state index contributed by atoms with van der Waals surface area (Å²) in [7, 11) is 0. The third-order valence-electron chi connectivity index (χ3n) is 5.40. The van der Waals surface area contributed by atoms with Crippen molar-refractivity contribution < 1.29 is 19.2 Å². The van der Waals surface area contributed by atoms with Crippen molar-refractivity contribution in [3.05, 3.63) is 90.7 Å². The Morgan fingerprint density at radius 1 is 1.17 bits per heavy atom. The Balaban J connectivity index is 1.87. The topological polar surface area (TPSA) is 133 Å². The zero-order valence-electron chi connectivity index (χ0n) is 19.0. The number of carbonyl (C=O) groups is 2. The molecular formula is C24H20N4O6S. The summed E-state index contributed by atoms with van der Waals surface area (Å²) in [5.74, 6) is -1.34. The molecule has 11 heteroatoms. The van der Waals surface area contributed by atoms with E-state index < -0.39 is 22.4 Å². The second-order valence-corrected chi connectivity index (χ2v) is 8.55. The van der Waals surface area contributed by atoms with Crippen LogP contribution in [0.2, 0.25) is 0 Å². The maximum Gasteiger partial charge on any atom is 0.359 e. The smallest absolute Gasteiger partial charge is 0.359 e. The number of aryl methyl sites for hydroxylation is 2. The average molecular weight is 493 g/mol. The molecule has 0 atom stereocenters. The van der Waals surface area contributed by atoms with Gasteiger partial charge in [-0.1, -0.05) is 12.1 Å². The fourth-order valence-corrected chi connectivity index (χ4v) is 4.39. The van der Waals surface area contributed by atoms with Crippen molar-refractivity contribution in [1.29, 1.82) is 0 Å². The van der Waals surface area contributed by atoms with Gasteiger partial charge in [0.2, 0.25) is 0 Å². The molecule has 0 spiro atoms. The van der Waals surface area contributed by atoms with E-state index in [0.29, 0.717) is 5.69 Å². The van der Waals surface area contributed by atoms with Crippen LogP contribution >= 0.6 is 11.3 Å². The molecule has 0 aliphatic carbocycles. The Hall–Kier alpha value is -4.38. The monoisotopic (exact) mass is 492 g/mol. The maximum absolute atomic E-state index is 13.5. The summed E-state index contributed by atoms with van der Waals surface area (Å²) < 4.78 is 6.25. The van der Waals surface area contributed by atoms with Gasteiger partial charge in [0.05, 0.1) is 22.6 Å². The molecule has 2 aromatic carbocycles. The number of rotatable bonds is 6. The van der Waals surface area contributed by atoms with E-state index in [2.05, 4.69) is 10.4 Å². The van der Waals surface area contributed by atoms with Crippen molar-refractivity contribution in [2.24, 2.45) is 0 Å². The Kier molecular flexibility index (Phi) is 6.43. The van der Waals surface area contributed by atoms with E-state index in [1.54, 1.807) is 24.4 Å². The van der Waals surface area contributed by atoms with Crippen LogP contribution < -0.4 is 10.9 Å². The van der Waals surface area contributed by atoms with E-state index >= 15 is 0 Å². The molecule has 0 aliphatic heterocycles. The first kappa shape index (κ1) is 23.8. The highest BCUT2D eigenvalue weighted by molar-refractivity contribution is 7.16. The molecular weight excluding hydrogens is 472 g/mol. The van der Waals surface area contributed by atoms with Gasteiger partial charge in [-0.25, -0.2) is 4.79 Å². The van der Waals surface area contributed by atoms with Gasteiger partial charge in [0.25, 0.3) is 17.2 Å².